The summed E-state index contributed by atoms with van der Waals surface area (Å²) in [5.74, 6) is 0.322. The standard InChI is InChI=1S/C15H23FO3/c1-3-5-13(17)14(18)8-6-11-10-12(16)7-9-15(11)19-4-2/h7,9-10,13-14,17-18H,3-6,8H2,1-2H3. The van der Waals surface area contributed by atoms with Gasteiger partial charge in [0.15, 0.2) is 0 Å². The van der Waals surface area contributed by atoms with Gasteiger partial charge in [0, 0.05) is 0 Å². The molecule has 108 valence electrons. The Bertz CT molecular complexity index is 382. The third-order valence-corrected chi connectivity index (χ3v) is 3.06. The van der Waals surface area contributed by atoms with Gasteiger partial charge in [-0.15, -0.1) is 0 Å². The van der Waals surface area contributed by atoms with E-state index in [0.717, 1.165) is 12.0 Å². The highest BCUT2D eigenvalue weighted by Gasteiger charge is 2.16. The van der Waals surface area contributed by atoms with E-state index in [0.29, 0.717) is 31.6 Å². The average Bonchev–Trinajstić information content (AvgIpc) is 2.39. The lowest BCUT2D eigenvalue weighted by atomic mass is 10.0. The summed E-state index contributed by atoms with van der Waals surface area (Å²) in [4.78, 5) is 0. The first kappa shape index (κ1) is 15.9. The molecule has 0 aliphatic carbocycles. The fourth-order valence-corrected chi connectivity index (χ4v) is 2.02. The van der Waals surface area contributed by atoms with Crippen LogP contribution in [0.1, 0.15) is 38.7 Å². The van der Waals surface area contributed by atoms with Crippen molar-refractivity contribution in [1.82, 2.24) is 0 Å². The predicted octanol–water partition coefficient (Wildman–Crippen LogP) is 2.68. The number of rotatable bonds is 8. The second kappa shape index (κ2) is 8.12. The largest absolute Gasteiger partial charge is 0.494 e. The van der Waals surface area contributed by atoms with Crippen molar-refractivity contribution in [3.05, 3.63) is 29.6 Å². The van der Waals surface area contributed by atoms with Gasteiger partial charge in [0.05, 0.1) is 18.8 Å². The molecule has 0 aliphatic rings. The number of aliphatic hydroxyl groups excluding tert-OH is 2. The van der Waals surface area contributed by atoms with Crippen molar-refractivity contribution in [2.24, 2.45) is 0 Å². The number of aryl methyl sites for hydroxylation is 1. The molecule has 0 saturated carbocycles. The third kappa shape index (κ3) is 5.17. The molecule has 0 bridgehead atoms. The van der Waals surface area contributed by atoms with Crippen LogP contribution in [0.3, 0.4) is 0 Å². The quantitative estimate of drug-likeness (QED) is 0.763. The fourth-order valence-electron chi connectivity index (χ4n) is 2.02. The number of ether oxygens (including phenoxy) is 1. The van der Waals surface area contributed by atoms with E-state index in [1.54, 1.807) is 6.07 Å². The van der Waals surface area contributed by atoms with Gasteiger partial charge in [-0.25, -0.2) is 4.39 Å². The van der Waals surface area contributed by atoms with E-state index < -0.39 is 12.2 Å². The summed E-state index contributed by atoms with van der Waals surface area (Å²) in [6.45, 7) is 4.34. The minimum absolute atomic E-state index is 0.318. The first-order chi connectivity index (χ1) is 9.08. The molecule has 0 amide bonds. The number of hydrogen-bond donors (Lipinski definition) is 2. The summed E-state index contributed by atoms with van der Waals surface area (Å²) < 4.78 is 18.6. The highest BCUT2D eigenvalue weighted by Crippen LogP contribution is 2.22. The van der Waals surface area contributed by atoms with E-state index in [9.17, 15) is 14.6 Å². The maximum atomic E-state index is 13.2. The van der Waals surface area contributed by atoms with E-state index in [-0.39, 0.29) is 5.82 Å². The summed E-state index contributed by atoms with van der Waals surface area (Å²) in [5.41, 5.74) is 0.726. The Kier molecular flexibility index (Phi) is 6.81. The zero-order valence-electron chi connectivity index (χ0n) is 11.6. The Morgan fingerprint density at radius 3 is 2.47 bits per heavy atom. The highest BCUT2D eigenvalue weighted by molar-refractivity contribution is 5.34. The molecule has 0 heterocycles. The molecule has 0 aromatic heterocycles. The molecular weight excluding hydrogens is 247 g/mol. The fraction of sp³-hybridized carbons (Fsp3) is 0.600. The second-order valence-electron chi connectivity index (χ2n) is 4.65. The Labute approximate surface area is 114 Å². The molecule has 2 N–H and O–H groups in total. The number of hydrogen-bond acceptors (Lipinski definition) is 3. The molecular formula is C15H23FO3. The third-order valence-electron chi connectivity index (χ3n) is 3.06. The second-order valence-corrected chi connectivity index (χ2v) is 4.65. The molecule has 2 atom stereocenters. The van der Waals surface area contributed by atoms with Crippen molar-refractivity contribution in [2.45, 2.75) is 51.7 Å². The lowest BCUT2D eigenvalue weighted by Crippen LogP contribution is -2.26. The van der Waals surface area contributed by atoms with Crippen molar-refractivity contribution in [3.63, 3.8) is 0 Å². The average molecular weight is 270 g/mol. The van der Waals surface area contributed by atoms with Gasteiger partial charge >= 0.3 is 0 Å². The Morgan fingerprint density at radius 2 is 1.84 bits per heavy atom. The molecule has 1 aromatic rings. The van der Waals surface area contributed by atoms with Crippen LogP contribution in [0.4, 0.5) is 4.39 Å². The maximum absolute atomic E-state index is 13.2. The molecule has 2 unspecified atom stereocenters. The number of benzene rings is 1. The van der Waals surface area contributed by atoms with E-state index >= 15 is 0 Å². The van der Waals surface area contributed by atoms with Gasteiger partial charge in [-0.3, -0.25) is 0 Å². The van der Waals surface area contributed by atoms with E-state index in [2.05, 4.69) is 0 Å². The lowest BCUT2D eigenvalue weighted by Gasteiger charge is -2.18. The van der Waals surface area contributed by atoms with Gasteiger partial charge in [0.1, 0.15) is 11.6 Å². The summed E-state index contributed by atoms with van der Waals surface area (Å²) in [6.07, 6.45) is 0.775. The van der Waals surface area contributed by atoms with Crippen LogP contribution < -0.4 is 4.74 Å². The molecule has 0 aliphatic heterocycles. The van der Waals surface area contributed by atoms with Gasteiger partial charge in [-0.05, 0) is 49.9 Å². The van der Waals surface area contributed by atoms with Crippen LogP contribution in [0.5, 0.6) is 5.75 Å². The van der Waals surface area contributed by atoms with Crippen molar-refractivity contribution in [1.29, 1.82) is 0 Å². The summed E-state index contributed by atoms with van der Waals surface area (Å²) in [7, 11) is 0. The minimum atomic E-state index is -0.780. The van der Waals surface area contributed by atoms with E-state index in [1.807, 2.05) is 13.8 Å². The monoisotopic (exact) mass is 270 g/mol. The van der Waals surface area contributed by atoms with Crippen LogP contribution in [0.2, 0.25) is 0 Å². The smallest absolute Gasteiger partial charge is 0.123 e. The first-order valence-corrected chi connectivity index (χ1v) is 6.85. The Balaban J connectivity index is 2.63. The molecule has 0 radical (unpaired) electrons. The SMILES string of the molecule is CCCC(O)C(O)CCc1cc(F)ccc1OCC. The molecule has 1 rings (SSSR count). The highest BCUT2D eigenvalue weighted by atomic mass is 19.1. The van der Waals surface area contributed by atoms with Gasteiger partial charge in [0.2, 0.25) is 0 Å². The van der Waals surface area contributed by atoms with Crippen LogP contribution >= 0.6 is 0 Å². The van der Waals surface area contributed by atoms with Gasteiger partial charge in [0.25, 0.3) is 0 Å². The van der Waals surface area contributed by atoms with Crippen LogP contribution in [0.15, 0.2) is 18.2 Å². The van der Waals surface area contributed by atoms with Crippen LogP contribution in [0.25, 0.3) is 0 Å². The zero-order chi connectivity index (χ0) is 14.3. The summed E-state index contributed by atoms with van der Waals surface area (Å²) >= 11 is 0. The molecule has 19 heavy (non-hydrogen) atoms. The molecule has 0 saturated heterocycles. The van der Waals surface area contributed by atoms with Gasteiger partial charge < -0.3 is 14.9 Å². The van der Waals surface area contributed by atoms with Crippen molar-refractivity contribution in [3.8, 4) is 5.75 Å². The first-order valence-electron chi connectivity index (χ1n) is 6.85. The topological polar surface area (TPSA) is 49.7 Å². The molecule has 0 spiro atoms. The summed E-state index contributed by atoms with van der Waals surface area (Å²) in [6, 6.07) is 4.38. The number of aliphatic hydroxyl groups is 2. The molecule has 4 heteroatoms. The molecule has 1 aromatic carbocycles. The van der Waals surface area contributed by atoms with Crippen molar-refractivity contribution >= 4 is 0 Å². The number of halogens is 1. The maximum Gasteiger partial charge on any atom is 0.123 e. The van der Waals surface area contributed by atoms with Gasteiger partial charge in [-0.2, -0.15) is 0 Å². The summed E-state index contributed by atoms with van der Waals surface area (Å²) in [5, 5.41) is 19.5. The van der Waals surface area contributed by atoms with E-state index in [1.165, 1.54) is 12.1 Å². The minimum Gasteiger partial charge on any atom is -0.494 e. The van der Waals surface area contributed by atoms with Crippen LogP contribution in [-0.4, -0.2) is 29.0 Å². The Hall–Kier alpha value is -1.13. The lowest BCUT2D eigenvalue weighted by molar-refractivity contribution is 0.00972. The van der Waals surface area contributed by atoms with Gasteiger partial charge in [-0.1, -0.05) is 13.3 Å². The predicted molar refractivity (Wildman–Crippen MR) is 72.8 cm³/mol. The van der Waals surface area contributed by atoms with Crippen molar-refractivity contribution in [2.75, 3.05) is 6.61 Å². The zero-order valence-corrected chi connectivity index (χ0v) is 11.6. The Morgan fingerprint density at radius 1 is 1.16 bits per heavy atom. The van der Waals surface area contributed by atoms with Crippen LogP contribution in [0, 0.1) is 5.82 Å². The van der Waals surface area contributed by atoms with E-state index in [4.69, 9.17) is 4.74 Å². The van der Waals surface area contributed by atoms with Crippen LogP contribution in [-0.2, 0) is 6.42 Å². The van der Waals surface area contributed by atoms with Crippen molar-refractivity contribution < 1.29 is 19.3 Å². The molecule has 0 fully saturated rings. The normalized spacial score (nSPS) is 14.2. The molecule has 3 nitrogen and oxygen atoms in total.